The highest BCUT2D eigenvalue weighted by molar-refractivity contribution is 7.93. The largest absolute Gasteiger partial charge is 0.414 e. The number of fused-ring (bicyclic) bond motifs is 1. The highest BCUT2D eigenvalue weighted by Gasteiger charge is 2.34. The Morgan fingerprint density at radius 2 is 1.97 bits per heavy atom. The minimum absolute atomic E-state index is 0.0417. The average molecular weight is 492 g/mol. The Kier molecular flexibility index (Phi) is 5.50. The van der Waals surface area contributed by atoms with Gasteiger partial charge in [-0.15, -0.1) is 0 Å². The molecule has 0 saturated heterocycles. The molecule has 0 fully saturated rings. The summed E-state index contributed by atoms with van der Waals surface area (Å²) in [6.07, 6.45) is 2.59. The molecule has 13 heteroatoms. The van der Waals surface area contributed by atoms with E-state index >= 15 is 0 Å². The summed E-state index contributed by atoms with van der Waals surface area (Å²) >= 11 is 6.53. The number of carbonyl (C=O) groups is 1. The van der Waals surface area contributed by atoms with E-state index in [4.69, 9.17) is 16.0 Å². The van der Waals surface area contributed by atoms with Crippen molar-refractivity contribution in [2.24, 2.45) is 0 Å². The van der Waals surface area contributed by atoms with Gasteiger partial charge in [0.25, 0.3) is 21.6 Å². The van der Waals surface area contributed by atoms with E-state index in [1.807, 2.05) is 0 Å². The van der Waals surface area contributed by atoms with Crippen molar-refractivity contribution in [3.63, 3.8) is 0 Å². The van der Waals surface area contributed by atoms with Crippen molar-refractivity contribution in [2.45, 2.75) is 4.90 Å². The van der Waals surface area contributed by atoms with Crippen LogP contribution in [0.1, 0.15) is 10.4 Å². The van der Waals surface area contributed by atoms with Gasteiger partial charge < -0.3 is 4.42 Å². The zero-order valence-corrected chi connectivity index (χ0v) is 18.1. The van der Waals surface area contributed by atoms with Crippen molar-refractivity contribution in [3.05, 3.63) is 91.4 Å². The van der Waals surface area contributed by atoms with E-state index < -0.39 is 36.4 Å². The van der Waals surface area contributed by atoms with Gasteiger partial charge in [0.2, 0.25) is 0 Å². The molecule has 0 radical (unpaired) electrons. The summed E-state index contributed by atoms with van der Waals surface area (Å²) in [5.74, 6) is -0.953. The van der Waals surface area contributed by atoms with Gasteiger partial charge >= 0.3 is 4.94 Å². The first-order valence-corrected chi connectivity index (χ1v) is 11.3. The van der Waals surface area contributed by atoms with Crippen LogP contribution in [-0.2, 0) is 10.0 Å². The molecule has 162 valence electrons. The second-order valence-corrected chi connectivity index (χ2v) is 9.44. The van der Waals surface area contributed by atoms with Gasteiger partial charge in [0.05, 0.1) is 25.8 Å². The number of nitrogens with zero attached hydrogens (tertiary/aromatic N) is 3. The summed E-state index contributed by atoms with van der Waals surface area (Å²) in [5, 5.41) is 11.0. The predicted molar refractivity (Wildman–Crippen MR) is 117 cm³/mol. The van der Waals surface area contributed by atoms with Gasteiger partial charge in [-0.2, -0.15) is 4.31 Å². The fourth-order valence-electron chi connectivity index (χ4n) is 2.86. The first-order chi connectivity index (χ1) is 15.2. The molecular formula is C19H10ClN3O7S2. The van der Waals surface area contributed by atoms with E-state index in [-0.39, 0.29) is 21.9 Å². The summed E-state index contributed by atoms with van der Waals surface area (Å²) < 4.78 is 32.8. The Balaban J connectivity index is 1.94. The van der Waals surface area contributed by atoms with Crippen LogP contribution >= 0.6 is 22.9 Å². The lowest BCUT2D eigenvalue weighted by Crippen LogP contribution is -2.37. The van der Waals surface area contributed by atoms with Gasteiger partial charge in [-0.3, -0.25) is 19.9 Å². The fourth-order valence-corrected chi connectivity index (χ4v) is 5.17. The SMILES string of the molecule is O=C(c1cccnc1)N(c1ccc2oc(=O)sc2c1)S(=O)(=O)c1ccc(Cl)c([N+](=O)[O-])c1. The van der Waals surface area contributed by atoms with Crippen molar-refractivity contribution in [2.75, 3.05) is 4.31 Å². The third kappa shape index (κ3) is 3.86. The predicted octanol–water partition coefficient (Wildman–Crippen LogP) is 3.85. The van der Waals surface area contributed by atoms with Gasteiger partial charge in [-0.1, -0.05) is 22.9 Å². The number of anilines is 1. The number of benzene rings is 2. The Bertz CT molecular complexity index is 1530. The van der Waals surface area contributed by atoms with E-state index in [0.29, 0.717) is 9.01 Å². The van der Waals surface area contributed by atoms with Crippen LogP contribution in [0.4, 0.5) is 11.4 Å². The van der Waals surface area contributed by atoms with Crippen molar-refractivity contribution < 1.29 is 22.6 Å². The highest BCUT2D eigenvalue weighted by atomic mass is 35.5. The Labute approximate surface area is 188 Å². The molecule has 4 aromatic rings. The number of halogens is 1. The topological polar surface area (TPSA) is 141 Å². The molecular weight excluding hydrogens is 482 g/mol. The summed E-state index contributed by atoms with van der Waals surface area (Å²) in [7, 11) is -4.65. The number of hydrogen-bond acceptors (Lipinski definition) is 9. The second-order valence-electron chi connectivity index (χ2n) is 6.27. The molecule has 2 aromatic carbocycles. The van der Waals surface area contributed by atoms with Crippen LogP contribution in [0.2, 0.25) is 5.02 Å². The van der Waals surface area contributed by atoms with E-state index in [0.717, 1.165) is 29.5 Å². The maximum Gasteiger partial charge on any atom is 0.396 e. The third-order valence-electron chi connectivity index (χ3n) is 4.29. The molecule has 10 nitrogen and oxygen atoms in total. The molecule has 2 aromatic heterocycles. The zero-order chi connectivity index (χ0) is 23.0. The lowest BCUT2D eigenvalue weighted by Gasteiger charge is -2.22. The standard InChI is InChI=1S/C19H10ClN3O7S2/c20-14-5-4-13(9-15(14)23(26)27)32(28,29)22(18(24)11-2-1-7-21-10-11)12-3-6-16-17(8-12)31-19(25)30-16/h1-10H. The number of aromatic nitrogens is 1. The minimum Gasteiger partial charge on any atom is -0.414 e. The van der Waals surface area contributed by atoms with Crippen molar-refractivity contribution >= 4 is 60.5 Å². The molecule has 32 heavy (non-hydrogen) atoms. The molecule has 0 aliphatic heterocycles. The van der Waals surface area contributed by atoms with Crippen molar-refractivity contribution in [3.8, 4) is 0 Å². The summed E-state index contributed by atoms with van der Waals surface area (Å²) in [4.78, 5) is 37.9. The van der Waals surface area contributed by atoms with Gasteiger partial charge in [-0.25, -0.2) is 13.2 Å². The van der Waals surface area contributed by atoms with Crippen LogP contribution in [0.3, 0.4) is 0 Å². The van der Waals surface area contributed by atoms with Crippen molar-refractivity contribution in [1.82, 2.24) is 4.98 Å². The molecule has 0 aliphatic rings. The first kappa shape index (κ1) is 21.6. The second kappa shape index (κ2) is 8.15. The zero-order valence-electron chi connectivity index (χ0n) is 15.7. The molecule has 1 amide bonds. The van der Waals surface area contributed by atoms with Crippen LogP contribution in [-0.4, -0.2) is 24.2 Å². The number of hydrogen-bond donors (Lipinski definition) is 0. The highest BCUT2D eigenvalue weighted by Crippen LogP contribution is 2.33. The Morgan fingerprint density at radius 3 is 2.66 bits per heavy atom. The third-order valence-corrected chi connectivity index (χ3v) is 7.11. The summed E-state index contributed by atoms with van der Waals surface area (Å²) in [6, 6.07) is 9.66. The fraction of sp³-hybridized carbons (Fsp3) is 0. The Hall–Kier alpha value is -3.61. The number of nitro benzene ring substituents is 1. The first-order valence-electron chi connectivity index (χ1n) is 8.66. The van der Waals surface area contributed by atoms with E-state index in [9.17, 15) is 28.1 Å². The number of carbonyl (C=O) groups excluding carboxylic acids is 1. The maximum atomic E-state index is 13.5. The molecule has 0 atom stereocenters. The van der Waals surface area contributed by atoms with E-state index in [1.165, 1.54) is 42.7 Å². The number of sulfonamides is 1. The molecule has 0 spiro atoms. The Morgan fingerprint density at radius 1 is 1.19 bits per heavy atom. The van der Waals surface area contributed by atoms with E-state index in [2.05, 4.69) is 4.98 Å². The maximum absolute atomic E-state index is 13.5. The van der Waals surface area contributed by atoms with Crippen LogP contribution in [0.5, 0.6) is 0 Å². The summed E-state index contributed by atoms with van der Waals surface area (Å²) in [6.45, 7) is 0. The van der Waals surface area contributed by atoms with Gasteiger partial charge in [0, 0.05) is 18.5 Å². The number of amides is 1. The van der Waals surface area contributed by atoms with Crippen LogP contribution in [0.15, 0.2) is 75.0 Å². The minimum atomic E-state index is -4.65. The van der Waals surface area contributed by atoms with Gasteiger partial charge in [-0.05, 0) is 42.5 Å². The van der Waals surface area contributed by atoms with Gasteiger partial charge in [0.1, 0.15) is 10.6 Å². The molecule has 0 saturated carbocycles. The van der Waals surface area contributed by atoms with Gasteiger partial charge in [0.15, 0.2) is 0 Å². The summed E-state index contributed by atoms with van der Waals surface area (Å²) in [5.41, 5.74) is -0.553. The molecule has 0 bridgehead atoms. The van der Waals surface area contributed by atoms with Crippen molar-refractivity contribution in [1.29, 1.82) is 0 Å². The average Bonchev–Trinajstić information content (AvgIpc) is 3.13. The molecule has 0 N–H and O–H groups in total. The van der Waals surface area contributed by atoms with Crippen LogP contribution in [0.25, 0.3) is 10.3 Å². The molecule has 4 rings (SSSR count). The normalized spacial score (nSPS) is 11.4. The number of rotatable bonds is 5. The lowest BCUT2D eigenvalue weighted by atomic mass is 10.2. The van der Waals surface area contributed by atoms with Crippen LogP contribution in [0, 0.1) is 10.1 Å². The monoisotopic (exact) mass is 491 g/mol. The van der Waals surface area contributed by atoms with Crippen LogP contribution < -0.4 is 9.24 Å². The number of nitro groups is 1. The molecule has 0 aliphatic carbocycles. The number of pyridine rings is 1. The smallest absolute Gasteiger partial charge is 0.396 e. The van der Waals surface area contributed by atoms with E-state index in [1.54, 1.807) is 0 Å². The molecule has 0 unspecified atom stereocenters. The molecule has 2 heterocycles. The quantitative estimate of drug-likeness (QED) is 0.303. The lowest BCUT2D eigenvalue weighted by molar-refractivity contribution is -0.384.